The van der Waals surface area contributed by atoms with Crippen molar-refractivity contribution in [3.8, 4) is 5.75 Å². The zero-order valence-electron chi connectivity index (χ0n) is 11.2. The molecule has 0 fully saturated rings. The van der Waals surface area contributed by atoms with Crippen molar-refractivity contribution in [3.63, 3.8) is 0 Å². The van der Waals surface area contributed by atoms with E-state index in [1.165, 1.54) is 0 Å². The van der Waals surface area contributed by atoms with Crippen LogP contribution in [-0.2, 0) is 10.1 Å². The largest absolute Gasteiger partial charge is 0.379 e. The summed E-state index contributed by atoms with van der Waals surface area (Å²) in [6, 6.07) is 12.3. The van der Waals surface area contributed by atoms with E-state index in [-0.39, 0.29) is 4.90 Å². The van der Waals surface area contributed by atoms with Gasteiger partial charge in [0.05, 0.1) is 0 Å². The second kappa shape index (κ2) is 5.05. The van der Waals surface area contributed by atoms with Gasteiger partial charge in [0.1, 0.15) is 10.6 Å². The lowest BCUT2D eigenvalue weighted by atomic mass is 10.1. The van der Waals surface area contributed by atoms with E-state index in [4.69, 9.17) is 4.18 Å². The lowest BCUT2D eigenvalue weighted by Gasteiger charge is -2.11. The van der Waals surface area contributed by atoms with Crippen molar-refractivity contribution >= 4 is 10.1 Å². The van der Waals surface area contributed by atoms with Gasteiger partial charge in [0, 0.05) is 0 Å². The predicted octanol–water partition coefficient (Wildman–Crippen LogP) is 3.38. The molecule has 100 valence electrons. The lowest BCUT2D eigenvalue weighted by Crippen LogP contribution is -2.12. The van der Waals surface area contributed by atoms with E-state index >= 15 is 0 Å². The summed E-state index contributed by atoms with van der Waals surface area (Å²) >= 11 is 0. The summed E-state index contributed by atoms with van der Waals surface area (Å²) in [5.41, 5.74) is 2.43. The highest BCUT2D eigenvalue weighted by Gasteiger charge is 2.19. The van der Waals surface area contributed by atoms with Crippen LogP contribution in [0.4, 0.5) is 0 Å². The van der Waals surface area contributed by atoms with Crippen LogP contribution in [0.5, 0.6) is 5.75 Å². The average molecular weight is 276 g/mol. The van der Waals surface area contributed by atoms with Crippen molar-refractivity contribution in [2.24, 2.45) is 0 Å². The molecule has 3 nitrogen and oxygen atoms in total. The van der Waals surface area contributed by atoms with E-state index in [2.05, 4.69) is 0 Å². The van der Waals surface area contributed by atoms with Crippen LogP contribution in [0.25, 0.3) is 0 Å². The number of rotatable bonds is 3. The van der Waals surface area contributed by atoms with E-state index in [0.717, 1.165) is 11.1 Å². The third-order valence-electron chi connectivity index (χ3n) is 2.91. The normalized spacial score (nSPS) is 11.3. The van der Waals surface area contributed by atoms with Crippen molar-refractivity contribution < 1.29 is 12.6 Å². The Labute approximate surface area is 114 Å². The fraction of sp³-hybridized carbons (Fsp3) is 0.200. The predicted molar refractivity (Wildman–Crippen MR) is 74.9 cm³/mol. The molecule has 0 aliphatic rings. The van der Waals surface area contributed by atoms with Crippen LogP contribution in [0.2, 0.25) is 0 Å². The van der Waals surface area contributed by atoms with Gasteiger partial charge in [0.15, 0.2) is 0 Å². The molecule has 2 aromatic rings. The molecule has 2 rings (SSSR count). The fourth-order valence-corrected chi connectivity index (χ4v) is 3.01. The Morgan fingerprint density at radius 1 is 0.895 bits per heavy atom. The summed E-state index contributed by atoms with van der Waals surface area (Å²) in [5, 5.41) is 0. The quantitative estimate of drug-likeness (QED) is 0.807. The summed E-state index contributed by atoms with van der Waals surface area (Å²) in [5.74, 6) is 0.378. The Morgan fingerprint density at radius 3 is 2.26 bits per heavy atom. The Morgan fingerprint density at radius 2 is 1.58 bits per heavy atom. The van der Waals surface area contributed by atoms with Crippen molar-refractivity contribution in [1.82, 2.24) is 0 Å². The first kappa shape index (κ1) is 13.6. The van der Waals surface area contributed by atoms with E-state index in [9.17, 15) is 8.42 Å². The summed E-state index contributed by atoms with van der Waals surface area (Å²) < 4.78 is 29.8. The average Bonchev–Trinajstić information content (AvgIpc) is 2.34. The van der Waals surface area contributed by atoms with E-state index in [0.29, 0.717) is 11.3 Å². The molecule has 0 radical (unpaired) electrons. The number of hydrogen-bond acceptors (Lipinski definition) is 3. The number of hydrogen-bond donors (Lipinski definition) is 0. The molecular formula is C15H16O3S. The fourth-order valence-electron chi connectivity index (χ4n) is 1.80. The molecule has 0 N–H and O–H groups in total. The van der Waals surface area contributed by atoms with Gasteiger partial charge in [-0.15, -0.1) is 0 Å². The molecule has 4 heteroatoms. The smallest absolute Gasteiger partial charge is 0.339 e. The van der Waals surface area contributed by atoms with Gasteiger partial charge >= 0.3 is 10.1 Å². The van der Waals surface area contributed by atoms with Crippen LogP contribution >= 0.6 is 0 Å². The Hall–Kier alpha value is -1.81. The molecule has 0 spiro atoms. The molecule has 0 saturated carbocycles. The highest BCUT2D eigenvalue weighted by Crippen LogP contribution is 2.25. The molecule has 2 aromatic carbocycles. The van der Waals surface area contributed by atoms with Gasteiger partial charge < -0.3 is 4.18 Å². The standard InChI is InChI=1S/C15H16O3S/c1-11-8-9-12(2)14(10-11)18-19(16,17)15-7-5-4-6-13(15)3/h4-10H,1-3H3. The molecule has 19 heavy (non-hydrogen) atoms. The van der Waals surface area contributed by atoms with Crippen LogP contribution < -0.4 is 4.18 Å². The minimum atomic E-state index is -3.78. The van der Waals surface area contributed by atoms with Gasteiger partial charge in [-0.3, -0.25) is 0 Å². The number of benzene rings is 2. The highest BCUT2D eigenvalue weighted by molar-refractivity contribution is 7.87. The van der Waals surface area contributed by atoms with E-state index in [1.807, 2.05) is 26.0 Å². The Bertz CT molecular complexity index is 703. The highest BCUT2D eigenvalue weighted by atomic mass is 32.2. The van der Waals surface area contributed by atoms with Gasteiger partial charge in [-0.25, -0.2) is 0 Å². The monoisotopic (exact) mass is 276 g/mol. The van der Waals surface area contributed by atoms with Gasteiger partial charge in [-0.1, -0.05) is 30.3 Å². The van der Waals surface area contributed by atoms with Crippen LogP contribution in [0.1, 0.15) is 16.7 Å². The van der Waals surface area contributed by atoms with Gasteiger partial charge in [-0.2, -0.15) is 8.42 Å². The number of aryl methyl sites for hydroxylation is 3. The second-order valence-corrected chi connectivity index (χ2v) is 6.09. The molecule has 0 heterocycles. The van der Waals surface area contributed by atoms with Gasteiger partial charge in [0.25, 0.3) is 0 Å². The molecule has 0 aliphatic carbocycles. The molecule has 0 bridgehead atoms. The lowest BCUT2D eigenvalue weighted by molar-refractivity contribution is 0.483. The Kier molecular flexibility index (Phi) is 3.62. The second-order valence-electron chi connectivity index (χ2n) is 4.57. The molecule has 0 atom stereocenters. The van der Waals surface area contributed by atoms with Crippen LogP contribution in [0, 0.1) is 20.8 Å². The molecule has 0 aliphatic heterocycles. The molecule has 0 saturated heterocycles. The first-order valence-electron chi connectivity index (χ1n) is 5.97. The third kappa shape index (κ3) is 2.96. The van der Waals surface area contributed by atoms with Crippen molar-refractivity contribution in [1.29, 1.82) is 0 Å². The van der Waals surface area contributed by atoms with Gasteiger partial charge in [0.2, 0.25) is 0 Å². The van der Waals surface area contributed by atoms with Gasteiger partial charge in [-0.05, 0) is 49.6 Å². The summed E-state index contributed by atoms with van der Waals surface area (Å²) in [4.78, 5) is 0.205. The van der Waals surface area contributed by atoms with Crippen molar-refractivity contribution in [2.75, 3.05) is 0 Å². The molecular weight excluding hydrogens is 260 g/mol. The zero-order valence-corrected chi connectivity index (χ0v) is 12.0. The van der Waals surface area contributed by atoms with E-state index < -0.39 is 10.1 Å². The SMILES string of the molecule is Cc1ccc(C)c(OS(=O)(=O)c2ccccc2C)c1. The zero-order chi connectivity index (χ0) is 14.0. The summed E-state index contributed by atoms with van der Waals surface area (Å²) in [7, 11) is -3.78. The van der Waals surface area contributed by atoms with E-state index in [1.54, 1.807) is 37.3 Å². The molecule has 0 aromatic heterocycles. The van der Waals surface area contributed by atoms with Crippen LogP contribution in [-0.4, -0.2) is 8.42 Å². The first-order chi connectivity index (χ1) is 8.90. The maximum atomic E-state index is 12.3. The van der Waals surface area contributed by atoms with Crippen LogP contribution in [0.3, 0.4) is 0 Å². The van der Waals surface area contributed by atoms with Crippen LogP contribution in [0.15, 0.2) is 47.4 Å². The minimum Gasteiger partial charge on any atom is -0.379 e. The maximum absolute atomic E-state index is 12.3. The summed E-state index contributed by atoms with van der Waals surface area (Å²) in [6.07, 6.45) is 0. The minimum absolute atomic E-state index is 0.205. The molecule has 0 unspecified atom stereocenters. The topological polar surface area (TPSA) is 43.4 Å². The van der Waals surface area contributed by atoms with Crippen molar-refractivity contribution in [3.05, 3.63) is 59.2 Å². The van der Waals surface area contributed by atoms with Crippen molar-refractivity contribution in [2.45, 2.75) is 25.7 Å². The maximum Gasteiger partial charge on any atom is 0.339 e. The first-order valence-corrected chi connectivity index (χ1v) is 7.38. The molecule has 0 amide bonds. The third-order valence-corrected chi connectivity index (χ3v) is 4.30. The Balaban J connectivity index is 2.43. The summed E-state index contributed by atoms with van der Waals surface area (Å²) in [6.45, 7) is 5.47.